The highest BCUT2D eigenvalue weighted by Crippen LogP contribution is 2.24. The van der Waals surface area contributed by atoms with Crippen molar-refractivity contribution in [2.24, 2.45) is 0 Å². The second-order valence-corrected chi connectivity index (χ2v) is 4.71. The summed E-state index contributed by atoms with van der Waals surface area (Å²) in [6.45, 7) is 0. The van der Waals surface area contributed by atoms with Crippen LogP contribution in [0.2, 0.25) is 0 Å². The first-order chi connectivity index (χ1) is 10.5. The van der Waals surface area contributed by atoms with Crippen molar-refractivity contribution < 1.29 is 24.9 Å². The Morgan fingerprint density at radius 1 is 1.05 bits per heavy atom. The Kier molecular flexibility index (Phi) is 4.63. The second-order valence-electron chi connectivity index (χ2n) is 4.71. The molecule has 0 bridgehead atoms. The smallest absolute Gasteiger partial charge is 0.337 e. The number of rotatable bonds is 5. The number of phenols is 2. The van der Waals surface area contributed by atoms with Crippen LogP contribution in [0.25, 0.3) is 0 Å². The molecule has 0 atom stereocenters. The van der Waals surface area contributed by atoms with Gasteiger partial charge in [-0.15, -0.1) is 0 Å². The zero-order chi connectivity index (χ0) is 16.1. The first-order valence-corrected chi connectivity index (χ1v) is 6.60. The van der Waals surface area contributed by atoms with Gasteiger partial charge < -0.3 is 20.6 Å². The summed E-state index contributed by atoms with van der Waals surface area (Å²) in [5.74, 6) is -1.62. The summed E-state index contributed by atoms with van der Waals surface area (Å²) in [6, 6.07) is 10.3. The van der Waals surface area contributed by atoms with Gasteiger partial charge in [0.2, 0.25) is 5.91 Å². The molecule has 0 spiro atoms. The number of phenolic OH excluding ortho intramolecular Hbond substituents is 2. The normalized spacial score (nSPS) is 10.2. The number of aromatic hydroxyl groups is 2. The van der Waals surface area contributed by atoms with E-state index in [1.54, 1.807) is 12.1 Å². The number of hydrogen-bond acceptors (Lipinski definition) is 4. The Bertz CT molecular complexity index is 711. The molecule has 0 aromatic heterocycles. The van der Waals surface area contributed by atoms with Crippen LogP contribution in [0.3, 0.4) is 0 Å². The quantitative estimate of drug-likeness (QED) is 0.678. The molecule has 0 aliphatic rings. The second kappa shape index (κ2) is 6.62. The molecular weight excluding hydrogens is 286 g/mol. The summed E-state index contributed by atoms with van der Waals surface area (Å²) in [4.78, 5) is 23.0. The van der Waals surface area contributed by atoms with Gasteiger partial charge in [-0.1, -0.05) is 18.2 Å². The van der Waals surface area contributed by atoms with Crippen molar-refractivity contribution in [1.29, 1.82) is 0 Å². The van der Waals surface area contributed by atoms with Crippen LogP contribution in [0, 0.1) is 0 Å². The van der Waals surface area contributed by atoms with E-state index in [-0.39, 0.29) is 41.5 Å². The molecule has 0 saturated carbocycles. The fourth-order valence-corrected chi connectivity index (χ4v) is 2.00. The van der Waals surface area contributed by atoms with Crippen molar-refractivity contribution >= 4 is 17.6 Å². The molecule has 2 rings (SSSR count). The van der Waals surface area contributed by atoms with Crippen LogP contribution >= 0.6 is 0 Å². The molecule has 0 fully saturated rings. The number of anilines is 1. The fourth-order valence-electron chi connectivity index (χ4n) is 2.00. The monoisotopic (exact) mass is 301 g/mol. The summed E-state index contributed by atoms with van der Waals surface area (Å²) < 4.78 is 0. The van der Waals surface area contributed by atoms with Crippen molar-refractivity contribution in [2.45, 2.75) is 12.8 Å². The fraction of sp³-hybridized carbons (Fsp3) is 0.125. The van der Waals surface area contributed by atoms with Gasteiger partial charge in [-0.05, 0) is 30.2 Å². The Hall–Kier alpha value is -3.02. The summed E-state index contributed by atoms with van der Waals surface area (Å²) in [7, 11) is 0. The lowest BCUT2D eigenvalue weighted by Crippen LogP contribution is -2.15. The number of para-hydroxylation sites is 1. The molecule has 6 heteroatoms. The van der Waals surface area contributed by atoms with Crippen molar-refractivity contribution in [1.82, 2.24) is 0 Å². The molecule has 0 aliphatic carbocycles. The summed E-state index contributed by atoms with van der Waals surface area (Å²) >= 11 is 0. The van der Waals surface area contributed by atoms with Gasteiger partial charge in [-0.25, -0.2) is 4.79 Å². The van der Waals surface area contributed by atoms with Gasteiger partial charge in [-0.2, -0.15) is 0 Å². The number of nitrogens with one attached hydrogen (secondary N) is 1. The predicted molar refractivity (Wildman–Crippen MR) is 80.1 cm³/mol. The van der Waals surface area contributed by atoms with Gasteiger partial charge in [-0.3, -0.25) is 4.79 Å². The van der Waals surface area contributed by atoms with Crippen molar-refractivity contribution in [3.05, 3.63) is 53.6 Å². The van der Waals surface area contributed by atoms with Gasteiger partial charge in [0.25, 0.3) is 0 Å². The van der Waals surface area contributed by atoms with Crippen LogP contribution in [0.15, 0.2) is 42.5 Å². The Labute approximate surface area is 126 Å². The number of carbonyl (C=O) groups excluding carboxylic acids is 1. The highest BCUT2D eigenvalue weighted by Gasteiger charge is 2.12. The van der Waals surface area contributed by atoms with E-state index in [0.29, 0.717) is 5.56 Å². The minimum Gasteiger partial charge on any atom is -0.508 e. The van der Waals surface area contributed by atoms with Crippen LogP contribution < -0.4 is 5.32 Å². The Balaban J connectivity index is 2.00. The molecule has 0 unspecified atom stereocenters. The molecule has 6 nitrogen and oxygen atoms in total. The highest BCUT2D eigenvalue weighted by atomic mass is 16.4. The van der Waals surface area contributed by atoms with Crippen LogP contribution in [-0.2, 0) is 11.2 Å². The average Bonchev–Trinajstić information content (AvgIpc) is 2.46. The minimum absolute atomic E-state index is 0.0170. The van der Waals surface area contributed by atoms with Gasteiger partial charge in [0.1, 0.15) is 11.5 Å². The van der Waals surface area contributed by atoms with E-state index in [9.17, 15) is 19.8 Å². The van der Waals surface area contributed by atoms with Crippen LogP contribution in [0.1, 0.15) is 22.3 Å². The lowest BCUT2D eigenvalue weighted by Gasteiger charge is -2.09. The zero-order valence-corrected chi connectivity index (χ0v) is 11.6. The topological polar surface area (TPSA) is 107 Å². The predicted octanol–water partition coefficient (Wildman–Crippen LogP) is 2.37. The molecule has 0 aliphatic heterocycles. The molecule has 2 aromatic carbocycles. The SMILES string of the molecule is O=C(CCc1ccc(O)cc1O)Nc1ccccc1C(=O)O. The third-order valence-electron chi connectivity index (χ3n) is 3.12. The third kappa shape index (κ3) is 3.76. The van der Waals surface area contributed by atoms with E-state index in [1.807, 2.05) is 0 Å². The lowest BCUT2D eigenvalue weighted by molar-refractivity contribution is -0.116. The Morgan fingerprint density at radius 3 is 2.45 bits per heavy atom. The van der Waals surface area contributed by atoms with E-state index in [2.05, 4.69) is 5.32 Å². The van der Waals surface area contributed by atoms with E-state index in [4.69, 9.17) is 5.11 Å². The summed E-state index contributed by atoms with van der Waals surface area (Å²) in [6.07, 6.45) is 0.347. The van der Waals surface area contributed by atoms with Crippen LogP contribution in [-0.4, -0.2) is 27.2 Å². The van der Waals surface area contributed by atoms with Crippen LogP contribution in [0.5, 0.6) is 11.5 Å². The third-order valence-corrected chi connectivity index (χ3v) is 3.12. The number of benzene rings is 2. The van der Waals surface area contributed by atoms with E-state index in [0.717, 1.165) is 0 Å². The van der Waals surface area contributed by atoms with E-state index in [1.165, 1.54) is 30.3 Å². The van der Waals surface area contributed by atoms with E-state index < -0.39 is 5.97 Å². The lowest BCUT2D eigenvalue weighted by atomic mass is 10.1. The number of amides is 1. The highest BCUT2D eigenvalue weighted by molar-refractivity contribution is 6.00. The summed E-state index contributed by atoms with van der Waals surface area (Å²) in [5, 5.41) is 30.4. The molecule has 1 amide bonds. The first-order valence-electron chi connectivity index (χ1n) is 6.60. The Morgan fingerprint density at radius 2 is 1.77 bits per heavy atom. The zero-order valence-electron chi connectivity index (χ0n) is 11.6. The van der Waals surface area contributed by atoms with E-state index >= 15 is 0 Å². The molecular formula is C16H15NO5. The van der Waals surface area contributed by atoms with Gasteiger partial charge in [0.15, 0.2) is 0 Å². The minimum atomic E-state index is -1.12. The molecule has 0 saturated heterocycles. The number of carboxylic acid groups (broad SMARTS) is 1. The first kappa shape index (κ1) is 15.4. The number of aromatic carboxylic acids is 1. The number of carboxylic acids is 1. The van der Waals surface area contributed by atoms with Crippen molar-refractivity contribution in [3.8, 4) is 11.5 Å². The van der Waals surface area contributed by atoms with Gasteiger partial charge >= 0.3 is 5.97 Å². The standard InChI is InChI=1S/C16H15NO5/c18-11-7-5-10(14(19)9-11)6-8-15(20)17-13-4-2-1-3-12(13)16(21)22/h1-5,7,9,18-19H,6,8H2,(H,17,20)(H,21,22). The van der Waals surface area contributed by atoms with Gasteiger partial charge in [0, 0.05) is 12.5 Å². The molecule has 22 heavy (non-hydrogen) atoms. The number of aryl methyl sites for hydroxylation is 1. The molecule has 0 radical (unpaired) electrons. The maximum Gasteiger partial charge on any atom is 0.337 e. The number of carbonyl (C=O) groups is 2. The average molecular weight is 301 g/mol. The maximum atomic E-state index is 11.9. The summed E-state index contributed by atoms with van der Waals surface area (Å²) in [5.41, 5.74) is 0.776. The van der Waals surface area contributed by atoms with Gasteiger partial charge in [0.05, 0.1) is 11.3 Å². The van der Waals surface area contributed by atoms with Crippen molar-refractivity contribution in [2.75, 3.05) is 5.32 Å². The van der Waals surface area contributed by atoms with Crippen LogP contribution in [0.4, 0.5) is 5.69 Å². The largest absolute Gasteiger partial charge is 0.508 e. The molecule has 2 aromatic rings. The number of hydrogen-bond donors (Lipinski definition) is 4. The van der Waals surface area contributed by atoms with Crippen molar-refractivity contribution in [3.63, 3.8) is 0 Å². The maximum absolute atomic E-state index is 11.9. The molecule has 114 valence electrons. The molecule has 4 N–H and O–H groups in total. The molecule has 0 heterocycles.